The zero-order valence-corrected chi connectivity index (χ0v) is 12.8. The predicted molar refractivity (Wildman–Crippen MR) is 87.8 cm³/mol. The average molecular weight is 279 g/mol. The van der Waals surface area contributed by atoms with Crippen molar-refractivity contribution in [3.8, 4) is 23.0 Å². The van der Waals surface area contributed by atoms with Gasteiger partial charge in [0, 0.05) is 0 Å². The lowest BCUT2D eigenvalue weighted by Crippen LogP contribution is -2.19. The summed E-state index contributed by atoms with van der Waals surface area (Å²) in [5, 5.41) is 10.5. The summed E-state index contributed by atoms with van der Waals surface area (Å²) >= 11 is 0. The molecule has 0 saturated carbocycles. The van der Waals surface area contributed by atoms with Crippen LogP contribution in [0.15, 0.2) is 54.6 Å². The fraction of sp³-hybridized carbons (Fsp3) is 0.263. The maximum Gasteiger partial charge on any atom is 0.148 e. The topological polar surface area (TPSA) is 23.5 Å². The first-order chi connectivity index (χ1) is 9.99. The second-order valence-electron chi connectivity index (χ2n) is 5.56. The smallest absolute Gasteiger partial charge is 0.148 e. The molecule has 0 fully saturated rings. The zero-order chi connectivity index (χ0) is 15.3. The molecule has 2 aromatic rings. The highest BCUT2D eigenvalue weighted by atomic mass is 16.3. The Labute approximate surface area is 127 Å². The van der Waals surface area contributed by atoms with Crippen molar-refractivity contribution >= 4 is 0 Å². The van der Waals surface area contributed by atoms with Gasteiger partial charge in [0.1, 0.15) is 5.60 Å². The first kappa shape index (κ1) is 15.3. The van der Waals surface area contributed by atoms with Crippen molar-refractivity contribution in [2.75, 3.05) is 20.6 Å². The minimum atomic E-state index is -1.12. The number of rotatable bonds is 3. The van der Waals surface area contributed by atoms with Gasteiger partial charge in [0.05, 0.1) is 6.54 Å². The summed E-state index contributed by atoms with van der Waals surface area (Å²) in [5.74, 6) is 5.93. The first-order valence-corrected chi connectivity index (χ1v) is 7.02. The molecule has 2 heteroatoms. The SMILES string of the molecule is CN(C)CC#CC(C)(O)c1ccc(-c2ccccc2)cc1. The lowest BCUT2D eigenvalue weighted by molar-refractivity contribution is 0.122. The summed E-state index contributed by atoms with van der Waals surface area (Å²) < 4.78 is 0. The molecule has 0 saturated heterocycles. The van der Waals surface area contributed by atoms with Gasteiger partial charge in [-0.1, -0.05) is 66.4 Å². The number of hydrogen-bond donors (Lipinski definition) is 1. The van der Waals surface area contributed by atoms with E-state index < -0.39 is 5.60 Å². The molecule has 0 aliphatic carbocycles. The van der Waals surface area contributed by atoms with Crippen LogP contribution in [-0.2, 0) is 5.60 Å². The van der Waals surface area contributed by atoms with Crippen LogP contribution in [0.3, 0.4) is 0 Å². The summed E-state index contributed by atoms with van der Waals surface area (Å²) in [4.78, 5) is 1.97. The van der Waals surface area contributed by atoms with Gasteiger partial charge in [0.15, 0.2) is 0 Å². The Hall–Kier alpha value is -2.08. The number of benzene rings is 2. The molecule has 0 aliphatic rings. The minimum Gasteiger partial charge on any atom is -0.374 e. The van der Waals surface area contributed by atoms with E-state index in [1.54, 1.807) is 6.92 Å². The van der Waals surface area contributed by atoms with E-state index in [4.69, 9.17) is 0 Å². The summed E-state index contributed by atoms with van der Waals surface area (Å²) in [6.45, 7) is 2.37. The van der Waals surface area contributed by atoms with Gasteiger partial charge in [-0.3, -0.25) is 4.90 Å². The van der Waals surface area contributed by atoms with Crippen LogP contribution in [0.5, 0.6) is 0 Å². The van der Waals surface area contributed by atoms with Crippen molar-refractivity contribution in [2.45, 2.75) is 12.5 Å². The highest BCUT2D eigenvalue weighted by molar-refractivity contribution is 5.63. The lowest BCUT2D eigenvalue weighted by Gasteiger charge is -2.17. The summed E-state index contributed by atoms with van der Waals surface area (Å²) in [6, 6.07) is 18.1. The standard InChI is InChI=1S/C19H21NO/c1-19(21,14-7-15-20(2)3)18-12-10-17(11-13-18)16-8-5-4-6-9-16/h4-6,8-13,21H,15H2,1-3H3. The van der Waals surface area contributed by atoms with E-state index in [2.05, 4.69) is 24.0 Å². The number of aliphatic hydroxyl groups is 1. The van der Waals surface area contributed by atoms with E-state index in [9.17, 15) is 5.11 Å². The Balaban J connectivity index is 2.19. The summed E-state index contributed by atoms with van der Waals surface area (Å²) in [7, 11) is 3.91. The minimum absolute atomic E-state index is 0.637. The van der Waals surface area contributed by atoms with E-state index in [1.165, 1.54) is 5.56 Å². The Morgan fingerprint density at radius 3 is 2.10 bits per heavy atom. The maximum absolute atomic E-state index is 10.5. The van der Waals surface area contributed by atoms with E-state index >= 15 is 0 Å². The molecular formula is C19H21NO. The Kier molecular flexibility index (Phi) is 4.80. The monoisotopic (exact) mass is 279 g/mol. The molecule has 0 bridgehead atoms. The van der Waals surface area contributed by atoms with Crippen LogP contribution >= 0.6 is 0 Å². The molecule has 21 heavy (non-hydrogen) atoms. The molecule has 2 nitrogen and oxygen atoms in total. The Bertz CT molecular complexity index is 631. The largest absolute Gasteiger partial charge is 0.374 e. The normalized spacial score (nSPS) is 13.4. The predicted octanol–water partition coefficient (Wildman–Crippen LogP) is 3.13. The first-order valence-electron chi connectivity index (χ1n) is 7.02. The summed E-state index contributed by atoms with van der Waals surface area (Å²) in [6.07, 6.45) is 0. The third-order valence-electron chi connectivity index (χ3n) is 3.28. The molecule has 1 N–H and O–H groups in total. The van der Waals surface area contributed by atoms with Crippen LogP contribution in [0.25, 0.3) is 11.1 Å². The van der Waals surface area contributed by atoms with E-state index in [0.717, 1.165) is 11.1 Å². The molecule has 2 rings (SSSR count). The Morgan fingerprint density at radius 2 is 1.52 bits per heavy atom. The van der Waals surface area contributed by atoms with Gasteiger partial charge in [0.2, 0.25) is 0 Å². The third-order valence-corrected chi connectivity index (χ3v) is 3.28. The summed E-state index contributed by atoms with van der Waals surface area (Å²) in [5.41, 5.74) is 2.00. The van der Waals surface area contributed by atoms with Crippen molar-refractivity contribution in [3.05, 3.63) is 60.2 Å². The second kappa shape index (κ2) is 6.58. The van der Waals surface area contributed by atoms with Gasteiger partial charge < -0.3 is 5.11 Å². The van der Waals surface area contributed by atoms with Crippen molar-refractivity contribution in [1.29, 1.82) is 0 Å². The van der Waals surface area contributed by atoms with Crippen molar-refractivity contribution in [1.82, 2.24) is 4.90 Å². The highest BCUT2D eigenvalue weighted by Crippen LogP contribution is 2.24. The molecule has 1 unspecified atom stereocenters. The van der Waals surface area contributed by atoms with E-state index in [-0.39, 0.29) is 0 Å². The van der Waals surface area contributed by atoms with E-state index in [0.29, 0.717) is 6.54 Å². The number of nitrogens with zero attached hydrogens (tertiary/aromatic N) is 1. The molecule has 1 atom stereocenters. The van der Waals surface area contributed by atoms with Crippen molar-refractivity contribution in [2.24, 2.45) is 0 Å². The zero-order valence-electron chi connectivity index (χ0n) is 12.8. The fourth-order valence-corrected chi connectivity index (χ4v) is 2.06. The van der Waals surface area contributed by atoms with Crippen LogP contribution in [0.1, 0.15) is 12.5 Å². The van der Waals surface area contributed by atoms with Crippen molar-refractivity contribution in [3.63, 3.8) is 0 Å². The van der Waals surface area contributed by atoms with Gasteiger partial charge >= 0.3 is 0 Å². The second-order valence-corrected chi connectivity index (χ2v) is 5.56. The molecule has 0 radical (unpaired) electrons. The van der Waals surface area contributed by atoms with E-state index in [1.807, 2.05) is 61.5 Å². The Morgan fingerprint density at radius 1 is 0.952 bits per heavy atom. The number of hydrogen-bond acceptors (Lipinski definition) is 2. The van der Waals surface area contributed by atoms with Crippen LogP contribution in [-0.4, -0.2) is 30.6 Å². The lowest BCUT2D eigenvalue weighted by atomic mass is 9.94. The molecule has 0 aromatic heterocycles. The van der Waals surface area contributed by atoms with Gasteiger partial charge in [-0.05, 0) is 37.7 Å². The molecule has 2 aromatic carbocycles. The highest BCUT2D eigenvalue weighted by Gasteiger charge is 2.19. The molecule has 0 heterocycles. The van der Waals surface area contributed by atoms with Crippen LogP contribution in [0.2, 0.25) is 0 Å². The van der Waals surface area contributed by atoms with Crippen LogP contribution < -0.4 is 0 Å². The average Bonchev–Trinajstić information content (AvgIpc) is 2.48. The molecular weight excluding hydrogens is 258 g/mol. The maximum atomic E-state index is 10.5. The van der Waals surface area contributed by atoms with Gasteiger partial charge in [-0.2, -0.15) is 0 Å². The van der Waals surface area contributed by atoms with Gasteiger partial charge in [-0.25, -0.2) is 0 Å². The van der Waals surface area contributed by atoms with Crippen LogP contribution in [0, 0.1) is 11.8 Å². The fourth-order valence-electron chi connectivity index (χ4n) is 2.06. The molecule has 0 aliphatic heterocycles. The third kappa shape index (κ3) is 4.19. The molecule has 108 valence electrons. The van der Waals surface area contributed by atoms with Crippen LogP contribution in [0.4, 0.5) is 0 Å². The molecule has 0 spiro atoms. The van der Waals surface area contributed by atoms with Crippen molar-refractivity contribution < 1.29 is 5.11 Å². The van der Waals surface area contributed by atoms with Gasteiger partial charge in [0.25, 0.3) is 0 Å². The molecule has 0 amide bonds. The van der Waals surface area contributed by atoms with Gasteiger partial charge in [-0.15, -0.1) is 0 Å². The quantitative estimate of drug-likeness (QED) is 0.873.